The maximum atomic E-state index is 13.6. The van der Waals surface area contributed by atoms with Crippen LogP contribution in [0.15, 0.2) is 43.0 Å². The third-order valence-electron chi connectivity index (χ3n) is 6.61. The Labute approximate surface area is 235 Å². The van der Waals surface area contributed by atoms with Crippen LogP contribution in [0.5, 0.6) is 0 Å². The van der Waals surface area contributed by atoms with Crippen molar-refractivity contribution < 1.29 is 13.9 Å². The van der Waals surface area contributed by atoms with Crippen LogP contribution in [0, 0.1) is 23.1 Å². The van der Waals surface area contributed by atoms with Gasteiger partial charge >= 0.3 is 0 Å². The maximum absolute atomic E-state index is 13.6. The number of nitrogens with one attached hydrogen (secondary N) is 4. The van der Waals surface area contributed by atoms with E-state index in [1.165, 1.54) is 24.3 Å². The molecule has 1 heterocycles. The fourth-order valence-electron chi connectivity index (χ4n) is 4.24. The predicted molar refractivity (Wildman–Crippen MR) is 158 cm³/mol. The second-order valence-corrected chi connectivity index (χ2v) is 10.1. The van der Waals surface area contributed by atoms with Gasteiger partial charge in [-0.15, -0.1) is 0 Å². The molecule has 0 atom stereocenters. The quantitative estimate of drug-likeness (QED) is 0.158. The molecule has 1 aliphatic rings. The largest absolute Gasteiger partial charge is 0.387 e. The van der Waals surface area contributed by atoms with Gasteiger partial charge in [0.1, 0.15) is 11.7 Å². The standard InChI is InChI=1S/C29H36ClFN6O2/c1-6-27(38)35-25-19-22(28(32)34-21-7-8-24(31)23(30)18-21)26(33-4)17-20(25)9-10-29(2,3)37-13-11-36(12-14-37)15-16-39-5/h6-8,17-19,33H,1,11-16H2,2-5H3,(H2,32,34)(H,35,38). The molecule has 0 unspecified atom stereocenters. The molecule has 3 rings (SSSR count). The number of carbonyl (C=O) groups excluding carboxylic acids is 1. The zero-order valence-electron chi connectivity index (χ0n) is 22.9. The molecule has 1 saturated heterocycles. The summed E-state index contributed by atoms with van der Waals surface area (Å²) in [4.78, 5) is 17.0. The maximum Gasteiger partial charge on any atom is 0.247 e. The van der Waals surface area contributed by atoms with Crippen LogP contribution < -0.4 is 16.0 Å². The van der Waals surface area contributed by atoms with Crippen LogP contribution in [0.25, 0.3) is 0 Å². The van der Waals surface area contributed by atoms with E-state index in [1.807, 2.05) is 0 Å². The Morgan fingerprint density at radius 2 is 1.92 bits per heavy atom. The van der Waals surface area contributed by atoms with Crippen LogP contribution in [0.3, 0.4) is 0 Å². The highest BCUT2D eigenvalue weighted by Gasteiger charge is 2.28. The first kappa shape index (κ1) is 30.1. The van der Waals surface area contributed by atoms with Gasteiger partial charge in [0.05, 0.1) is 28.4 Å². The number of hydrogen-bond acceptors (Lipinski definition) is 6. The number of piperazine rings is 1. The molecule has 0 radical (unpaired) electrons. The summed E-state index contributed by atoms with van der Waals surface area (Å²) < 4.78 is 18.8. The first-order valence-electron chi connectivity index (χ1n) is 12.7. The summed E-state index contributed by atoms with van der Waals surface area (Å²) in [6, 6.07) is 7.61. The summed E-state index contributed by atoms with van der Waals surface area (Å²) in [7, 11) is 3.46. The number of methoxy groups -OCH3 is 1. The average Bonchev–Trinajstić information content (AvgIpc) is 2.93. The van der Waals surface area contributed by atoms with Gasteiger partial charge < -0.3 is 20.7 Å². The lowest BCUT2D eigenvalue weighted by Gasteiger charge is -2.41. The van der Waals surface area contributed by atoms with Crippen LogP contribution in [-0.4, -0.2) is 80.6 Å². The molecular weight excluding hydrogens is 519 g/mol. The highest BCUT2D eigenvalue weighted by atomic mass is 35.5. The third-order valence-corrected chi connectivity index (χ3v) is 6.90. The summed E-state index contributed by atoms with van der Waals surface area (Å²) >= 11 is 5.90. The molecule has 0 aromatic heterocycles. The number of amides is 1. The summed E-state index contributed by atoms with van der Waals surface area (Å²) in [6.45, 7) is 13.0. The molecule has 208 valence electrons. The van der Waals surface area contributed by atoms with Crippen LogP contribution in [0.2, 0.25) is 5.02 Å². The number of halogens is 2. The zero-order valence-corrected chi connectivity index (χ0v) is 23.6. The predicted octanol–water partition coefficient (Wildman–Crippen LogP) is 4.48. The number of rotatable bonds is 9. The van der Waals surface area contributed by atoms with Gasteiger partial charge in [-0.05, 0) is 50.3 Å². The molecule has 0 bridgehead atoms. The van der Waals surface area contributed by atoms with Crippen molar-refractivity contribution in [2.45, 2.75) is 19.4 Å². The number of hydrogen-bond donors (Lipinski definition) is 4. The number of nitrogens with zero attached hydrogens (tertiary/aromatic N) is 2. The monoisotopic (exact) mass is 554 g/mol. The number of anilines is 3. The fourth-order valence-corrected chi connectivity index (χ4v) is 4.42. The molecule has 10 heteroatoms. The van der Waals surface area contributed by atoms with Gasteiger partial charge in [-0.2, -0.15) is 0 Å². The Morgan fingerprint density at radius 1 is 1.21 bits per heavy atom. The minimum Gasteiger partial charge on any atom is -0.387 e. The highest BCUT2D eigenvalue weighted by Crippen LogP contribution is 2.28. The lowest BCUT2D eigenvalue weighted by atomic mass is 10.00. The van der Waals surface area contributed by atoms with Crippen molar-refractivity contribution in [2.75, 3.05) is 69.4 Å². The molecule has 1 fully saturated rings. The molecule has 2 aromatic carbocycles. The van der Waals surface area contributed by atoms with E-state index in [0.717, 1.165) is 39.3 Å². The summed E-state index contributed by atoms with van der Waals surface area (Å²) in [5.41, 5.74) is 2.22. The lowest BCUT2D eigenvalue weighted by molar-refractivity contribution is -0.111. The lowest BCUT2D eigenvalue weighted by Crippen LogP contribution is -2.54. The Bertz CT molecular complexity index is 1280. The first-order chi connectivity index (χ1) is 18.6. The molecule has 1 aliphatic heterocycles. The average molecular weight is 555 g/mol. The van der Waals surface area contributed by atoms with Crippen molar-refractivity contribution in [3.05, 3.63) is 65.0 Å². The van der Waals surface area contributed by atoms with Gasteiger partial charge in [-0.25, -0.2) is 4.39 Å². The zero-order chi connectivity index (χ0) is 28.6. The molecule has 8 nitrogen and oxygen atoms in total. The fraction of sp³-hybridized carbons (Fsp3) is 0.379. The minimum absolute atomic E-state index is 0.0299. The Kier molecular flexibility index (Phi) is 10.5. The molecule has 0 spiro atoms. The Hall–Kier alpha value is -3.42. The van der Waals surface area contributed by atoms with Crippen LogP contribution >= 0.6 is 11.6 Å². The van der Waals surface area contributed by atoms with Crippen LogP contribution in [-0.2, 0) is 9.53 Å². The topological polar surface area (TPSA) is 92.7 Å². The molecule has 1 amide bonds. The van der Waals surface area contributed by atoms with Gasteiger partial charge in [0.25, 0.3) is 0 Å². The minimum atomic E-state index is -0.544. The van der Waals surface area contributed by atoms with Crippen molar-refractivity contribution in [1.29, 1.82) is 5.41 Å². The van der Waals surface area contributed by atoms with Gasteiger partial charge in [0, 0.05) is 63.8 Å². The van der Waals surface area contributed by atoms with Crippen molar-refractivity contribution in [1.82, 2.24) is 9.80 Å². The third kappa shape index (κ3) is 8.04. The molecule has 0 saturated carbocycles. The Morgan fingerprint density at radius 3 is 2.54 bits per heavy atom. The van der Waals surface area contributed by atoms with E-state index in [9.17, 15) is 9.18 Å². The number of carbonyl (C=O) groups is 1. The smallest absolute Gasteiger partial charge is 0.247 e. The van der Waals surface area contributed by atoms with Crippen molar-refractivity contribution in [3.8, 4) is 11.8 Å². The molecule has 39 heavy (non-hydrogen) atoms. The first-order valence-corrected chi connectivity index (χ1v) is 13.1. The number of benzene rings is 2. The van der Waals surface area contributed by atoms with E-state index in [0.29, 0.717) is 28.2 Å². The van der Waals surface area contributed by atoms with Gasteiger partial charge in [0.2, 0.25) is 5.91 Å². The number of ether oxygens (including phenoxy) is 1. The van der Waals surface area contributed by atoms with Crippen LogP contribution in [0.1, 0.15) is 25.0 Å². The summed E-state index contributed by atoms with van der Waals surface area (Å²) in [5, 5.41) is 17.5. The second kappa shape index (κ2) is 13.6. The Balaban J connectivity index is 1.89. The van der Waals surface area contributed by atoms with Gasteiger partial charge in [-0.1, -0.05) is 30.0 Å². The summed E-state index contributed by atoms with van der Waals surface area (Å²) in [6.07, 6.45) is 1.18. The van der Waals surface area contributed by atoms with Crippen LogP contribution in [0.4, 0.5) is 21.5 Å². The van der Waals surface area contributed by atoms with Gasteiger partial charge in [-0.3, -0.25) is 20.0 Å². The highest BCUT2D eigenvalue weighted by molar-refractivity contribution is 6.31. The molecule has 2 aromatic rings. The van der Waals surface area contributed by atoms with E-state index in [2.05, 4.69) is 58.0 Å². The second-order valence-electron chi connectivity index (χ2n) is 9.65. The van der Waals surface area contributed by atoms with E-state index >= 15 is 0 Å². The van der Waals surface area contributed by atoms with Crippen molar-refractivity contribution in [2.24, 2.45) is 0 Å². The molecule has 0 aliphatic carbocycles. The summed E-state index contributed by atoms with van der Waals surface area (Å²) in [5.74, 6) is 5.76. The molecular formula is C29H36ClFN6O2. The van der Waals surface area contributed by atoms with E-state index in [-0.39, 0.29) is 10.9 Å². The number of amidine groups is 1. The van der Waals surface area contributed by atoms with Crippen molar-refractivity contribution in [3.63, 3.8) is 0 Å². The normalized spacial score (nSPS) is 14.2. The van der Waals surface area contributed by atoms with E-state index in [1.54, 1.807) is 26.3 Å². The van der Waals surface area contributed by atoms with E-state index < -0.39 is 17.3 Å². The molecule has 4 N–H and O–H groups in total. The van der Waals surface area contributed by atoms with Crippen molar-refractivity contribution >= 4 is 40.4 Å². The van der Waals surface area contributed by atoms with Gasteiger partial charge in [0.15, 0.2) is 0 Å². The van der Waals surface area contributed by atoms with E-state index in [4.69, 9.17) is 21.7 Å². The SMILES string of the molecule is C=CC(=O)Nc1cc(C(=N)Nc2ccc(F)c(Cl)c2)c(NC)cc1C#CC(C)(C)N1CCN(CCOC)CC1.